The van der Waals surface area contributed by atoms with Crippen LogP contribution in [0.1, 0.15) is 24.8 Å². The van der Waals surface area contributed by atoms with Crippen LogP contribution in [0.2, 0.25) is 0 Å². The minimum absolute atomic E-state index is 0.0124. The molecular weight excluding hydrogens is 459 g/mol. The Bertz CT molecular complexity index is 1320. The number of aromatic hydroxyl groups is 2. The normalized spacial score (nSPS) is 15.7. The molecule has 0 saturated carbocycles. The van der Waals surface area contributed by atoms with Gasteiger partial charge in [0.2, 0.25) is 11.6 Å². The van der Waals surface area contributed by atoms with Crippen molar-refractivity contribution < 1.29 is 41.7 Å². The van der Waals surface area contributed by atoms with E-state index in [1.165, 1.54) is 12.1 Å². The highest BCUT2D eigenvalue weighted by Gasteiger charge is 2.27. The van der Waals surface area contributed by atoms with Crippen molar-refractivity contribution in [1.29, 1.82) is 0 Å². The summed E-state index contributed by atoms with van der Waals surface area (Å²) in [5.74, 6) is -9.80. The van der Waals surface area contributed by atoms with Crippen molar-refractivity contribution in [1.82, 2.24) is 0 Å². The first kappa shape index (κ1) is 23.3. The maximum Gasteiger partial charge on any atom is 0.314 e. The van der Waals surface area contributed by atoms with Crippen molar-refractivity contribution in [2.24, 2.45) is 5.92 Å². The fourth-order valence-electron chi connectivity index (χ4n) is 3.79. The Morgan fingerprint density at radius 1 is 0.824 bits per heavy atom. The average molecular weight is 476 g/mol. The van der Waals surface area contributed by atoms with E-state index in [0.29, 0.717) is 5.57 Å². The molecule has 9 heteroatoms. The standard InChI is InChI=1S/C25H17F5O4/c26-17-11-14(16-7-9-19(32)24(30)22(16)28)5-10-20(17)34-25(33)13-3-1-12(2-4-13)15-6-8-18(31)23(29)21(15)27/h1,5-11,13,31-32H,2-4H2. The number of halogens is 5. The molecule has 0 aliphatic heterocycles. The number of rotatable bonds is 4. The van der Waals surface area contributed by atoms with Crippen LogP contribution in [0.15, 0.2) is 48.5 Å². The number of allylic oxidation sites excluding steroid dienone is 2. The maximum atomic E-state index is 14.5. The summed E-state index contributed by atoms with van der Waals surface area (Å²) in [7, 11) is 0. The van der Waals surface area contributed by atoms with Gasteiger partial charge in [0.05, 0.1) is 5.92 Å². The smallest absolute Gasteiger partial charge is 0.314 e. The van der Waals surface area contributed by atoms with Gasteiger partial charge < -0.3 is 14.9 Å². The van der Waals surface area contributed by atoms with Gasteiger partial charge in [-0.2, -0.15) is 8.78 Å². The predicted molar refractivity (Wildman–Crippen MR) is 112 cm³/mol. The number of hydrogen-bond acceptors (Lipinski definition) is 4. The molecule has 0 saturated heterocycles. The minimum atomic E-state index is -1.46. The van der Waals surface area contributed by atoms with Crippen molar-refractivity contribution in [2.75, 3.05) is 0 Å². The molecular formula is C25H17F5O4. The number of carbonyl (C=O) groups excluding carboxylic acids is 1. The Morgan fingerprint density at radius 3 is 2.03 bits per heavy atom. The van der Waals surface area contributed by atoms with Crippen LogP contribution in [-0.2, 0) is 4.79 Å². The van der Waals surface area contributed by atoms with E-state index >= 15 is 0 Å². The zero-order valence-electron chi connectivity index (χ0n) is 17.4. The van der Waals surface area contributed by atoms with Crippen molar-refractivity contribution in [3.05, 3.63) is 83.2 Å². The zero-order chi connectivity index (χ0) is 24.6. The van der Waals surface area contributed by atoms with Gasteiger partial charge in [0.25, 0.3) is 0 Å². The summed E-state index contributed by atoms with van der Waals surface area (Å²) >= 11 is 0. The Balaban J connectivity index is 1.47. The Hall–Kier alpha value is -3.88. The van der Waals surface area contributed by atoms with E-state index in [-0.39, 0.29) is 36.0 Å². The van der Waals surface area contributed by atoms with E-state index < -0.39 is 58.2 Å². The molecule has 1 aliphatic rings. The van der Waals surface area contributed by atoms with Crippen LogP contribution < -0.4 is 4.74 Å². The molecule has 34 heavy (non-hydrogen) atoms. The molecule has 0 radical (unpaired) electrons. The lowest BCUT2D eigenvalue weighted by atomic mass is 9.86. The lowest BCUT2D eigenvalue weighted by Gasteiger charge is -2.21. The van der Waals surface area contributed by atoms with E-state index in [1.54, 1.807) is 6.08 Å². The fraction of sp³-hybridized carbons (Fsp3) is 0.160. The zero-order valence-corrected chi connectivity index (χ0v) is 17.4. The van der Waals surface area contributed by atoms with Gasteiger partial charge in [-0.25, -0.2) is 13.2 Å². The van der Waals surface area contributed by atoms with Crippen LogP contribution in [0.4, 0.5) is 22.0 Å². The number of benzene rings is 3. The number of esters is 1. The number of carbonyl (C=O) groups is 1. The molecule has 0 heterocycles. The van der Waals surface area contributed by atoms with Crippen LogP contribution in [0.3, 0.4) is 0 Å². The molecule has 0 bridgehead atoms. The molecule has 0 fully saturated rings. The van der Waals surface area contributed by atoms with Crippen molar-refractivity contribution in [2.45, 2.75) is 19.3 Å². The third-order valence-electron chi connectivity index (χ3n) is 5.67. The topological polar surface area (TPSA) is 66.8 Å². The Labute approximate surface area is 190 Å². The van der Waals surface area contributed by atoms with E-state index in [1.807, 2.05) is 0 Å². The van der Waals surface area contributed by atoms with Crippen LogP contribution >= 0.6 is 0 Å². The van der Waals surface area contributed by atoms with Gasteiger partial charge in [-0.1, -0.05) is 12.1 Å². The van der Waals surface area contributed by atoms with E-state index in [2.05, 4.69) is 0 Å². The van der Waals surface area contributed by atoms with Gasteiger partial charge >= 0.3 is 5.97 Å². The fourth-order valence-corrected chi connectivity index (χ4v) is 3.79. The van der Waals surface area contributed by atoms with Crippen LogP contribution in [0.5, 0.6) is 17.2 Å². The van der Waals surface area contributed by atoms with Crippen LogP contribution in [-0.4, -0.2) is 16.2 Å². The van der Waals surface area contributed by atoms with Crippen LogP contribution in [0, 0.1) is 35.0 Å². The molecule has 176 valence electrons. The quantitative estimate of drug-likeness (QED) is 0.265. The molecule has 4 rings (SSSR count). The summed E-state index contributed by atoms with van der Waals surface area (Å²) in [6.07, 6.45) is 2.18. The molecule has 2 N–H and O–H groups in total. The largest absolute Gasteiger partial charge is 0.505 e. The molecule has 4 nitrogen and oxygen atoms in total. The monoisotopic (exact) mass is 476 g/mol. The SMILES string of the molecule is O=C(Oc1ccc(-c2ccc(O)c(F)c2F)cc1F)C1CC=C(c2ccc(O)c(F)c2F)CC1. The van der Waals surface area contributed by atoms with Gasteiger partial charge in [0.1, 0.15) is 0 Å². The van der Waals surface area contributed by atoms with Gasteiger partial charge in [0, 0.05) is 11.1 Å². The second-order valence-corrected chi connectivity index (χ2v) is 7.79. The van der Waals surface area contributed by atoms with Gasteiger partial charge in [0.15, 0.2) is 34.7 Å². The van der Waals surface area contributed by atoms with Gasteiger partial charge in [-0.15, -0.1) is 0 Å². The Morgan fingerprint density at radius 2 is 1.44 bits per heavy atom. The first-order valence-corrected chi connectivity index (χ1v) is 10.2. The molecule has 1 aliphatic carbocycles. The highest BCUT2D eigenvalue weighted by molar-refractivity contribution is 5.78. The van der Waals surface area contributed by atoms with E-state index in [0.717, 1.165) is 30.3 Å². The molecule has 1 unspecified atom stereocenters. The van der Waals surface area contributed by atoms with Gasteiger partial charge in [-0.3, -0.25) is 4.79 Å². The van der Waals surface area contributed by atoms with Crippen molar-refractivity contribution in [3.8, 4) is 28.4 Å². The van der Waals surface area contributed by atoms with Gasteiger partial charge in [-0.05, 0) is 66.8 Å². The second kappa shape index (κ2) is 9.17. The third kappa shape index (κ3) is 4.33. The highest BCUT2D eigenvalue weighted by Crippen LogP contribution is 2.36. The number of ether oxygens (including phenoxy) is 1. The molecule has 0 spiro atoms. The summed E-state index contributed by atoms with van der Waals surface area (Å²) in [5, 5.41) is 18.5. The van der Waals surface area contributed by atoms with E-state index in [9.17, 15) is 37.0 Å². The minimum Gasteiger partial charge on any atom is -0.505 e. The molecule has 3 aromatic carbocycles. The Kier molecular flexibility index (Phi) is 6.28. The summed E-state index contributed by atoms with van der Waals surface area (Å²) in [5.41, 5.74) is 0.151. The third-order valence-corrected chi connectivity index (χ3v) is 5.67. The maximum absolute atomic E-state index is 14.5. The average Bonchev–Trinajstić information content (AvgIpc) is 2.83. The molecule has 0 amide bonds. The molecule has 0 aromatic heterocycles. The first-order valence-electron chi connectivity index (χ1n) is 10.2. The number of phenols is 2. The number of hydrogen-bond donors (Lipinski definition) is 2. The first-order chi connectivity index (χ1) is 16.2. The predicted octanol–water partition coefficient (Wildman–Crippen LogP) is 6.25. The van der Waals surface area contributed by atoms with Crippen LogP contribution in [0.25, 0.3) is 16.7 Å². The summed E-state index contributed by atoms with van der Waals surface area (Å²) in [6, 6.07) is 7.52. The van der Waals surface area contributed by atoms with Crippen molar-refractivity contribution in [3.63, 3.8) is 0 Å². The highest BCUT2D eigenvalue weighted by atomic mass is 19.2. The number of phenolic OH excluding ortho intramolecular Hbond substituents is 2. The molecule has 3 aromatic rings. The second-order valence-electron chi connectivity index (χ2n) is 7.79. The molecule has 1 atom stereocenters. The summed E-state index contributed by atoms with van der Waals surface area (Å²) < 4.78 is 75.0. The lowest BCUT2D eigenvalue weighted by molar-refractivity contribution is -0.139. The summed E-state index contributed by atoms with van der Waals surface area (Å²) in [4.78, 5) is 12.5. The summed E-state index contributed by atoms with van der Waals surface area (Å²) in [6.45, 7) is 0. The van der Waals surface area contributed by atoms with E-state index in [4.69, 9.17) is 4.74 Å². The lowest BCUT2D eigenvalue weighted by Crippen LogP contribution is -2.22. The van der Waals surface area contributed by atoms with Crippen molar-refractivity contribution >= 4 is 11.5 Å².